The molecule has 1 aliphatic rings. The molecule has 0 bridgehead atoms. The summed E-state index contributed by atoms with van der Waals surface area (Å²) < 4.78 is 5.34. The molecule has 216 valence electrons. The van der Waals surface area contributed by atoms with Gasteiger partial charge in [-0.3, -0.25) is 19.3 Å². The number of aromatic nitrogens is 1. The summed E-state index contributed by atoms with van der Waals surface area (Å²) in [4.78, 5) is 46.1. The van der Waals surface area contributed by atoms with Crippen LogP contribution in [0.2, 0.25) is 0 Å². The van der Waals surface area contributed by atoms with Gasteiger partial charge in [0, 0.05) is 30.8 Å². The van der Waals surface area contributed by atoms with Crippen molar-refractivity contribution in [2.24, 2.45) is 0 Å². The lowest BCUT2D eigenvalue weighted by atomic mass is 9.94. The molecule has 1 atom stereocenters. The highest BCUT2D eigenvalue weighted by Gasteiger charge is 2.34. The Morgan fingerprint density at radius 3 is 2.32 bits per heavy atom. The number of pyridine rings is 1. The fourth-order valence-electron chi connectivity index (χ4n) is 5.22. The van der Waals surface area contributed by atoms with Crippen molar-refractivity contribution in [1.82, 2.24) is 10.3 Å². The Labute approximate surface area is 242 Å². The van der Waals surface area contributed by atoms with E-state index in [1.54, 1.807) is 48.5 Å². The molecule has 3 amide bonds. The second kappa shape index (κ2) is 15.0. The van der Waals surface area contributed by atoms with E-state index in [1.807, 2.05) is 36.4 Å². The number of nitrogens with one attached hydrogen (secondary N) is 2. The molecule has 1 saturated carbocycles. The summed E-state index contributed by atoms with van der Waals surface area (Å²) in [6, 6.07) is 19.6. The van der Waals surface area contributed by atoms with Crippen LogP contribution in [0.3, 0.4) is 0 Å². The van der Waals surface area contributed by atoms with E-state index in [0.717, 1.165) is 37.7 Å². The van der Waals surface area contributed by atoms with E-state index in [0.29, 0.717) is 29.2 Å². The van der Waals surface area contributed by atoms with Crippen molar-refractivity contribution in [3.05, 3.63) is 84.1 Å². The molecule has 1 aliphatic carbocycles. The number of benzene rings is 2. The molecule has 1 heterocycles. The number of ether oxygens (including phenoxy) is 1. The average molecular weight is 557 g/mol. The zero-order valence-corrected chi connectivity index (χ0v) is 24.0. The predicted molar refractivity (Wildman–Crippen MR) is 161 cm³/mol. The second-order valence-corrected chi connectivity index (χ2v) is 10.4. The second-order valence-electron chi connectivity index (χ2n) is 10.4. The van der Waals surface area contributed by atoms with Gasteiger partial charge in [0.25, 0.3) is 0 Å². The van der Waals surface area contributed by atoms with Gasteiger partial charge in [0.1, 0.15) is 17.6 Å². The topological polar surface area (TPSA) is 101 Å². The van der Waals surface area contributed by atoms with E-state index >= 15 is 0 Å². The highest BCUT2D eigenvalue weighted by molar-refractivity contribution is 6.01. The highest BCUT2D eigenvalue weighted by Crippen LogP contribution is 2.31. The molecule has 4 rings (SSSR count). The monoisotopic (exact) mass is 556 g/mol. The minimum absolute atomic E-state index is 0.0895. The van der Waals surface area contributed by atoms with Crippen LogP contribution >= 0.6 is 0 Å². The number of nitrogens with zero attached hydrogens (tertiary/aromatic N) is 2. The molecule has 0 radical (unpaired) electrons. The van der Waals surface area contributed by atoms with Gasteiger partial charge in [-0.1, -0.05) is 56.5 Å². The SMILES string of the molecule is CCc1ccc(N(C(=O)CCCC(=O)Nc2ccccn2)C(C(=O)NC2CCCCC2)c2ccc(OC)cc2)cc1. The van der Waals surface area contributed by atoms with Crippen LogP contribution in [-0.4, -0.2) is 35.9 Å². The molecule has 0 spiro atoms. The van der Waals surface area contributed by atoms with Crippen molar-refractivity contribution >= 4 is 29.2 Å². The van der Waals surface area contributed by atoms with Gasteiger partial charge in [-0.15, -0.1) is 0 Å². The van der Waals surface area contributed by atoms with Crippen molar-refractivity contribution in [2.75, 3.05) is 17.3 Å². The van der Waals surface area contributed by atoms with Crippen LogP contribution in [0.4, 0.5) is 11.5 Å². The number of hydrogen-bond donors (Lipinski definition) is 2. The van der Waals surface area contributed by atoms with E-state index in [4.69, 9.17) is 4.74 Å². The van der Waals surface area contributed by atoms with E-state index in [9.17, 15) is 14.4 Å². The lowest BCUT2D eigenvalue weighted by Gasteiger charge is -2.33. The molecule has 2 aromatic carbocycles. The normalized spacial score (nSPS) is 14.1. The lowest BCUT2D eigenvalue weighted by molar-refractivity contribution is -0.127. The van der Waals surface area contributed by atoms with Crippen LogP contribution in [0, 0.1) is 0 Å². The van der Waals surface area contributed by atoms with Crippen molar-refractivity contribution in [3.63, 3.8) is 0 Å². The zero-order valence-electron chi connectivity index (χ0n) is 24.0. The maximum absolute atomic E-state index is 14.0. The van der Waals surface area contributed by atoms with Crippen LogP contribution in [0.5, 0.6) is 5.75 Å². The number of anilines is 2. The first kappa shape index (κ1) is 29.8. The first-order valence-corrected chi connectivity index (χ1v) is 14.5. The summed E-state index contributed by atoms with van der Waals surface area (Å²) in [5.74, 6) is 0.504. The number of rotatable bonds is 12. The predicted octanol–water partition coefficient (Wildman–Crippen LogP) is 5.98. The molecule has 2 N–H and O–H groups in total. The number of amides is 3. The highest BCUT2D eigenvalue weighted by atomic mass is 16.5. The summed E-state index contributed by atoms with van der Waals surface area (Å²) >= 11 is 0. The lowest BCUT2D eigenvalue weighted by Crippen LogP contribution is -2.47. The van der Waals surface area contributed by atoms with Gasteiger partial charge < -0.3 is 15.4 Å². The Bertz CT molecular complexity index is 1270. The Hall–Kier alpha value is -4.20. The van der Waals surface area contributed by atoms with Crippen LogP contribution in [0.15, 0.2) is 72.9 Å². The van der Waals surface area contributed by atoms with Gasteiger partial charge in [-0.25, -0.2) is 4.98 Å². The third-order valence-electron chi connectivity index (χ3n) is 7.51. The van der Waals surface area contributed by atoms with Crippen LogP contribution in [0.25, 0.3) is 0 Å². The fraction of sp³-hybridized carbons (Fsp3) is 0.394. The van der Waals surface area contributed by atoms with E-state index < -0.39 is 6.04 Å². The van der Waals surface area contributed by atoms with Crippen molar-refractivity contribution in [2.45, 2.75) is 76.8 Å². The molecular weight excluding hydrogens is 516 g/mol. The molecular formula is C33H40N4O4. The van der Waals surface area contributed by atoms with Gasteiger partial charge in [0.05, 0.1) is 7.11 Å². The molecule has 1 unspecified atom stereocenters. The van der Waals surface area contributed by atoms with Gasteiger partial charge >= 0.3 is 0 Å². The van der Waals surface area contributed by atoms with Crippen molar-refractivity contribution in [1.29, 1.82) is 0 Å². The summed E-state index contributed by atoms with van der Waals surface area (Å²) in [6.45, 7) is 2.08. The smallest absolute Gasteiger partial charge is 0.248 e. The maximum Gasteiger partial charge on any atom is 0.248 e. The molecule has 0 aliphatic heterocycles. The average Bonchev–Trinajstić information content (AvgIpc) is 3.01. The third-order valence-corrected chi connectivity index (χ3v) is 7.51. The summed E-state index contributed by atoms with van der Waals surface area (Å²) in [7, 11) is 1.59. The van der Waals surface area contributed by atoms with Crippen LogP contribution in [0.1, 0.15) is 75.5 Å². The number of carbonyl (C=O) groups is 3. The molecule has 8 nitrogen and oxygen atoms in total. The zero-order chi connectivity index (χ0) is 29.0. The number of hydrogen-bond acceptors (Lipinski definition) is 5. The quantitative estimate of drug-likeness (QED) is 0.286. The summed E-state index contributed by atoms with van der Waals surface area (Å²) in [5, 5.41) is 6.00. The molecule has 1 aromatic heterocycles. The Kier molecular flexibility index (Phi) is 10.9. The van der Waals surface area contributed by atoms with Crippen LogP contribution < -0.4 is 20.3 Å². The van der Waals surface area contributed by atoms with Crippen LogP contribution in [-0.2, 0) is 20.8 Å². The number of methoxy groups -OCH3 is 1. The molecule has 3 aromatic rings. The van der Waals surface area contributed by atoms with E-state index in [1.165, 1.54) is 6.42 Å². The fourth-order valence-corrected chi connectivity index (χ4v) is 5.22. The minimum atomic E-state index is -0.870. The number of aryl methyl sites for hydroxylation is 1. The largest absolute Gasteiger partial charge is 0.497 e. The molecule has 8 heteroatoms. The third kappa shape index (κ3) is 8.39. The summed E-state index contributed by atoms with van der Waals surface area (Å²) in [5.41, 5.74) is 2.48. The van der Waals surface area contributed by atoms with Gasteiger partial charge in [0.2, 0.25) is 17.7 Å². The first-order valence-electron chi connectivity index (χ1n) is 14.5. The number of carbonyl (C=O) groups excluding carboxylic acids is 3. The first-order chi connectivity index (χ1) is 20.0. The molecule has 1 fully saturated rings. The van der Waals surface area contributed by atoms with Crippen molar-refractivity contribution < 1.29 is 19.1 Å². The van der Waals surface area contributed by atoms with Gasteiger partial charge in [0.15, 0.2) is 0 Å². The van der Waals surface area contributed by atoms with Gasteiger partial charge in [-0.2, -0.15) is 0 Å². The van der Waals surface area contributed by atoms with E-state index in [2.05, 4.69) is 22.5 Å². The van der Waals surface area contributed by atoms with Gasteiger partial charge in [-0.05, 0) is 73.2 Å². The van der Waals surface area contributed by atoms with Crippen molar-refractivity contribution in [3.8, 4) is 5.75 Å². The summed E-state index contributed by atoms with van der Waals surface area (Å²) in [6.07, 6.45) is 8.29. The Morgan fingerprint density at radius 1 is 0.951 bits per heavy atom. The standard InChI is InChI=1S/C33H40N4O4/c1-3-24-15-19-27(20-16-24)37(31(39)14-9-13-30(38)36-29-12-7-8-23-34-29)32(25-17-21-28(41-2)22-18-25)33(40)35-26-10-5-4-6-11-26/h7-8,12,15-23,26,32H,3-6,9-11,13-14H2,1-2H3,(H,35,40)(H,34,36,38). The molecule has 41 heavy (non-hydrogen) atoms. The van der Waals surface area contributed by atoms with E-state index in [-0.39, 0.29) is 36.6 Å². The molecule has 0 saturated heterocycles. The minimum Gasteiger partial charge on any atom is -0.497 e. The maximum atomic E-state index is 14.0. The Balaban J connectivity index is 1.59. The Morgan fingerprint density at radius 2 is 1.68 bits per heavy atom.